The fourth-order valence-corrected chi connectivity index (χ4v) is 2.67. The Hall–Kier alpha value is -0.140. The van der Waals surface area contributed by atoms with E-state index in [1.165, 1.54) is 3.57 Å². The van der Waals surface area contributed by atoms with E-state index in [0.29, 0.717) is 0 Å². The summed E-state index contributed by atoms with van der Waals surface area (Å²) in [5.41, 5.74) is 1.09. The van der Waals surface area contributed by atoms with Crippen LogP contribution in [0.5, 0.6) is 0 Å². The molecule has 2 aromatic rings. The molecule has 0 saturated heterocycles. The second-order valence-electron chi connectivity index (χ2n) is 2.58. The quantitative estimate of drug-likeness (QED) is 0.787. The molecule has 0 aliphatic carbocycles. The molecule has 2 rings (SSSR count). The molecule has 14 heavy (non-hydrogen) atoms. The molecule has 72 valence electrons. The molecule has 1 aromatic carbocycles. The van der Waals surface area contributed by atoms with E-state index < -0.39 is 0 Å². The summed E-state index contributed by atoms with van der Waals surface area (Å²) in [6.45, 7) is 0. The van der Waals surface area contributed by atoms with Gasteiger partial charge >= 0.3 is 0 Å². The van der Waals surface area contributed by atoms with Gasteiger partial charge in [-0.3, -0.25) is 0 Å². The zero-order chi connectivity index (χ0) is 9.97. The van der Waals surface area contributed by atoms with E-state index in [-0.39, 0.29) is 0 Å². The van der Waals surface area contributed by atoms with Crippen LogP contribution in [-0.2, 0) is 0 Å². The van der Waals surface area contributed by atoms with Crippen LogP contribution in [0.4, 0.5) is 10.8 Å². The highest BCUT2D eigenvalue weighted by Crippen LogP contribution is 2.26. The van der Waals surface area contributed by atoms with Gasteiger partial charge < -0.3 is 5.32 Å². The van der Waals surface area contributed by atoms with Crippen molar-refractivity contribution in [3.63, 3.8) is 0 Å². The Morgan fingerprint density at radius 2 is 2.14 bits per heavy atom. The summed E-state index contributed by atoms with van der Waals surface area (Å²) in [6, 6.07) is 8.13. The molecule has 0 fully saturated rings. The van der Waals surface area contributed by atoms with Crippen molar-refractivity contribution in [2.24, 2.45) is 0 Å². The molecule has 1 N–H and O–H groups in total. The lowest BCUT2D eigenvalue weighted by atomic mass is 10.3. The summed E-state index contributed by atoms with van der Waals surface area (Å²) < 4.78 is 2.06. The van der Waals surface area contributed by atoms with Gasteiger partial charge in [0.15, 0.2) is 5.13 Å². The minimum absolute atomic E-state index is 0.871. The summed E-state index contributed by atoms with van der Waals surface area (Å²) in [5.74, 6) is 0. The summed E-state index contributed by atoms with van der Waals surface area (Å²) in [4.78, 5) is 4.27. The van der Waals surface area contributed by atoms with Crippen LogP contribution in [0.3, 0.4) is 0 Å². The van der Waals surface area contributed by atoms with Gasteiger partial charge in [-0.15, -0.1) is 11.3 Å². The normalized spacial score (nSPS) is 10.1. The Labute approximate surface area is 108 Å². The first-order valence-corrected chi connectivity index (χ1v) is 6.63. The fraction of sp³-hybridized carbons (Fsp3) is 0. The van der Waals surface area contributed by atoms with Crippen LogP contribution in [-0.4, -0.2) is 4.98 Å². The standard InChI is InChI=1S/C9H6BrIN2S/c10-8-5-14-9(13-8)12-7-4-2-1-3-6(7)11/h1-5H,(H,12,13). The molecule has 1 heterocycles. The van der Waals surface area contributed by atoms with Crippen molar-refractivity contribution in [3.05, 3.63) is 37.8 Å². The third-order valence-electron chi connectivity index (χ3n) is 1.59. The Morgan fingerprint density at radius 1 is 1.36 bits per heavy atom. The summed E-state index contributed by atoms with van der Waals surface area (Å²) in [6.07, 6.45) is 0. The van der Waals surface area contributed by atoms with Crippen LogP contribution in [0.2, 0.25) is 0 Å². The van der Waals surface area contributed by atoms with Gasteiger partial charge in [0.1, 0.15) is 4.60 Å². The van der Waals surface area contributed by atoms with E-state index in [2.05, 4.69) is 54.9 Å². The number of benzene rings is 1. The predicted octanol–water partition coefficient (Wildman–Crippen LogP) is 4.25. The van der Waals surface area contributed by atoms with Crippen LogP contribution in [0.25, 0.3) is 0 Å². The summed E-state index contributed by atoms with van der Waals surface area (Å²) >= 11 is 7.20. The Kier molecular flexibility index (Phi) is 3.40. The maximum atomic E-state index is 4.27. The van der Waals surface area contributed by atoms with Crippen LogP contribution < -0.4 is 5.32 Å². The number of anilines is 2. The first-order valence-electron chi connectivity index (χ1n) is 3.88. The number of hydrogen-bond acceptors (Lipinski definition) is 3. The number of thiazole rings is 1. The molecule has 0 aliphatic rings. The van der Waals surface area contributed by atoms with Gasteiger partial charge in [0, 0.05) is 8.95 Å². The van der Waals surface area contributed by atoms with Gasteiger partial charge in [0.2, 0.25) is 0 Å². The Bertz CT molecular complexity index is 444. The van der Waals surface area contributed by atoms with Gasteiger partial charge in [-0.1, -0.05) is 12.1 Å². The third-order valence-corrected chi connectivity index (χ3v) is 4.00. The number of para-hydroxylation sites is 1. The molecule has 0 amide bonds. The van der Waals surface area contributed by atoms with Crippen LogP contribution >= 0.6 is 49.9 Å². The molecular weight excluding hydrogens is 375 g/mol. The number of hydrogen-bond donors (Lipinski definition) is 1. The number of rotatable bonds is 2. The van der Waals surface area contributed by atoms with E-state index in [1.54, 1.807) is 11.3 Å². The number of nitrogens with one attached hydrogen (secondary N) is 1. The molecule has 0 bridgehead atoms. The largest absolute Gasteiger partial charge is 0.331 e. The van der Waals surface area contributed by atoms with Crippen molar-refractivity contribution in [3.8, 4) is 0 Å². The molecule has 0 unspecified atom stereocenters. The molecule has 5 heteroatoms. The highest BCUT2D eigenvalue weighted by Gasteiger charge is 2.01. The minimum atomic E-state index is 0.871. The Balaban J connectivity index is 2.23. The van der Waals surface area contributed by atoms with Gasteiger partial charge in [-0.2, -0.15) is 0 Å². The lowest BCUT2D eigenvalue weighted by Gasteiger charge is -2.03. The summed E-state index contributed by atoms with van der Waals surface area (Å²) in [5, 5.41) is 6.12. The lowest BCUT2D eigenvalue weighted by Crippen LogP contribution is -1.91. The first kappa shape index (κ1) is 10.4. The number of nitrogens with zero attached hydrogens (tertiary/aromatic N) is 1. The van der Waals surface area contributed by atoms with Crippen molar-refractivity contribution in [1.29, 1.82) is 0 Å². The Morgan fingerprint density at radius 3 is 2.79 bits per heavy atom. The van der Waals surface area contributed by atoms with E-state index in [1.807, 2.05) is 23.6 Å². The van der Waals surface area contributed by atoms with E-state index in [9.17, 15) is 0 Å². The number of halogens is 2. The van der Waals surface area contributed by atoms with Crippen molar-refractivity contribution < 1.29 is 0 Å². The van der Waals surface area contributed by atoms with Gasteiger partial charge in [0.05, 0.1) is 5.69 Å². The average Bonchev–Trinajstić information content (AvgIpc) is 2.56. The van der Waals surface area contributed by atoms with E-state index in [0.717, 1.165) is 15.4 Å². The fourth-order valence-electron chi connectivity index (χ4n) is 0.989. The van der Waals surface area contributed by atoms with Crippen molar-refractivity contribution in [2.45, 2.75) is 0 Å². The SMILES string of the molecule is Brc1csc(Nc2ccccc2I)n1. The van der Waals surface area contributed by atoms with E-state index in [4.69, 9.17) is 0 Å². The van der Waals surface area contributed by atoms with Gasteiger partial charge in [0.25, 0.3) is 0 Å². The molecule has 0 saturated carbocycles. The zero-order valence-electron chi connectivity index (χ0n) is 7.00. The molecule has 2 nitrogen and oxygen atoms in total. The first-order chi connectivity index (χ1) is 6.75. The van der Waals surface area contributed by atoms with Crippen LogP contribution in [0.15, 0.2) is 34.2 Å². The molecular formula is C9H6BrIN2S. The van der Waals surface area contributed by atoms with Crippen LogP contribution in [0, 0.1) is 3.57 Å². The monoisotopic (exact) mass is 380 g/mol. The highest BCUT2D eigenvalue weighted by molar-refractivity contribution is 14.1. The molecule has 0 spiro atoms. The summed E-state index contributed by atoms with van der Waals surface area (Å²) in [7, 11) is 0. The molecule has 0 radical (unpaired) electrons. The number of aromatic nitrogens is 1. The minimum Gasteiger partial charge on any atom is -0.331 e. The van der Waals surface area contributed by atoms with Gasteiger partial charge in [-0.05, 0) is 50.7 Å². The lowest BCUT2D eigenvalue weighted by molar-refractivity contribution is 1.34. The topological polar surface area (TPSA) is 24.9 Å². The molecule has 0 atom stereocenters. The maximum Gasteiger partial charge on any atom is 0.188 e. The molecule has 0 aliphatic heterocycles. The van der Waals surface area contributed by atoms with E-state index >= 15 is 0 Å². The van der Waals surface area contributed by atoms with Crippen molar-refractivity contribution in [1.82, 2.24) is 4.98 Å². The van der Waals surface area contributed by atoms with Crippen LogP contribution in [0.1, 0.15) is 0 Å². The predicted molar refractivity (Wildman–Crippen MR) is 72.3 cm³/mol. The highest BCUT2D eigenvalue weighted by atomic mass is 127. The maximum absolute atomic E-state index is 4.27. The second kappa shape index (κ2) is 4.59. The molecule has 1 aromatic heterocycles. The van der Waals surface area contributed by atoms with Gasteiger partial charge in [-0.25, -0.2) is 4.98 Å². The van der Waals surface area contributed by atoms with Crippen molar-refractivity contribution in [2.75, 3.05) is 5.32 Å². The second-order valence-corrected chi connectivity index (χ2v) is 5.41. The van der Waals surface area contributed by atoms with Crippen molar-refractivity contribution >= 4 is 60.7 Å². The average molecular weight is 381 g/mol. The smallest absolute Gasteiger partial charge is 0.188 e. The zero-order valence-corrected chi connectivity index (χ0v) is 11.6. The third kappa shape index (κ3) is 2.46.